The van der Waals surface area contributed by atoms with Crippen LogP contribution in [0.3, 0.4) is 0 Å². The molecule has 18 heteroatoms. The Morgan fingerprint density at radius 2 is 1.73 bits per heavy atom. The van der Waals surface area contributed by atoms with Crippen LogP contribution in [0.15, 0.2) is 38.8 Å². The van der Waals surface area contributed by atoms with Gasteiger partial charge in [-0.15, -0.1) is 0 Å². The van der Waals surface area contributed by atoms with E-state index < -0.39 is 71.6 Å². The van der Waals surface area contributed by atoms with Crippen LogP contribution >= 0.6 is 23.2 Å². The van der Waals surface area contributed by atoms with Gasteiger partial charge in [0.2, 0.25) is 0 Å². The minimum absolute atomic E-state index is 0.00583. The molecule has 2 heterocycles. The van der Waals surface area contributed by atoms with E-state index in [9.17, 15) is 39.6 Å². The summed E-state index contributed by atoms with van der Waals surface area (Å²) in [5, 5.41) is -0.900. The third-order valence-electron chi connectivity index (χ3n) is 6.62. The highest BCUT2D eigenvalue weighted by Crippen LogP contribution is 2.39. The van der Waals surface area contributed by atoms with Crippen molar-refractivity contribution < 1.29 is 30.0 Å². The Bertz CT molecular complexity index is 1850. The van der Waals surface area contributed by atoms with E-state index in [1.807, 2.05) is 0 Å². The Kier molecular flexibility index (Phi) is 8.68. The molecule has 11 nitrogen and oxygen atoms in total. The number of rotatable bonds is 9. The van der Waals surface area contributed by atoms with Gasteiger partial charge in [0, 0.05) is 37.7 Å². The van der Waals surface area contributed by atoms with Gasteiger partial charge in [-0.2, -0.15) is 26.3 Å². The van der Waals surface area contributed by atoms with Gasteiger partial charge < -0.3 is 4.98 Å². The van der Waals surface area contributed by atoms with Crippen LogP contribution in [0.2, 0.25) is 10.0 Å². The Morgan fingerprint density at radius 1 is 1.07 bits per heavy atom. The molecule has 1 saturated heterocycles. The number of aromatic nitrogens is 2. The van der Waals surface area contributed by atoms with Crippen molar-refractivity contribution in [2.75, 3.05) is 25.9 Å². The lowest BCUT2D eigenvalue weighted by molar-refractivity contribution is -0.138. The first-order valence-electron chi connectivity index (χ1n) is 12.0. The second-order valence-corrected chi connectivity index (χ2v) is 14.0. The first kappa shape index (κ1) is 31.5. The molecular weight excluding hydrogens is 634 g/mol. The van der Waals surface area contributed by atoms with Crippen molar-refractivity contribution in [2.45, 2.75) is 37.1 Å². The van der Waals surface area contributed by atoms with Gasteiger partial charge in [0.25, 0.3) is 15.8 Å². The van der Waals surface area contributed by atoms with Crippen LogP contribution in [0, 0.1) is 0 Å². The second kappa shape index (κ2) is 11.3. The summed E-state index contributed by atoms with van der Waals surface area (Å²) in [7, 11) is -6.34. The number of alkyl halides is 3. The van der Waals surface area contributed by atoms with E-state index in [1.165, 1.54) is 37.1 Å². The lowest BCUT2D eigenvalue weighted by Gasteiger charge is -2.39. The molecule has 1 fully saturated rings. The van der Waals surface area contributed by atoms with Gasteiger partial charge >= 0.3 is 11.9 Å². The normalized spacial score (nSPS) is 15.4. The van der Waals surface area contributed by atoms with E-state index in [0.29, 0.717) is 10.6 Å². The van der Waals surface area contributed by atoms with Crippen LogP contribution in [0.5, 0.6) is 0 Å². The minimum Gasteiger partial charge on any atom is -0.305 e. The molecule has 0 amide bonds. The van der Waals surface area contributed by atoms with Crippen molar-refractivity contribution in [1.29, 1.82) is 0 Å². The third kappa shape index (κ3) is 6.48. The summed E-state index contributed by atoms with van der Waals surface area (Å²) in [5.41, 5.74) is -4.07. The zero-order valence-corrected chi connectivity index (χ0v) is 24.6. The summed E-state index contributed by atoms with van der Waals surface area (Å²) >= 11 is 12.4. The number of benzene rings is 2. The predicted molar refractivity (Wildman–Crippen MR) is 147 cm³/mol. The molecule has 0 atom stereocenters. The van der Waals surface area contributed by atoms with Gasteiger partial charge in [-0.3, -0.25) is 14.3 Å². The quantitative estimate of drug-likeness (QED) is 0.319. The number of sulfone groups is 1. The summed E-state index contributed by atoms with van der Waals surface area (Å²) in [4.78, 5) is 30.0. The number of nitrogens with one attached hydrogen (secondary N) is 3. The van der Waals surface area contributed by atoms with Crippen LogP contribution in [-0.2, 0) is 39.3 Å². The van der Waals surface area contributed by atoms with E-state index in [4.69, 9.17) is 23.2 Å². The Hall–Kier alpha value is -2.47. The first-order valence-corrected chi connectivity index (χ1v) is 15.9. The molecule has 1 aromatic heterocycles. The van der Waals surface area contributed by atoms with Crippen molar-refractivity contribution in [1.82, 2.24) is 23.9 Å². The molecule has 3 aromatic rings. The van der Waals surface area contributed by atoms with Gasteiger partial charge in [0.15, 0.2) is 9.84 Å². The third-order valence-corrected chi connectivity index (χ3v) is 10.3. The van der Waals surface area contributed by atoms with Crippen LogP contribution in [0.1, 0.15) is 23.6 Å². The number of aromatic amines is 1. The standard InChI is InChI=1S/C23H24Cl2F3N5O6S2/c1-3-40(36,37)18-5-4-13(24)6-12(18)8-33-21(34)15-7-17(23(26,27)28)16(19(25)20(15)30-22(33)35)11-32-9-14(10-32)31-41(38,39)29-2/h4-7,14,29,31H,3,8-11H2,1-2H3,(H,30,35). The molecular formula is C23H24Cl2F3N5O6S2. The van der Waals surface area contributed by atoms with Gasteiger partial charge in [-0.1, -0.05) is 30.1 Å². The monoisotopic (exact) mass is 657 g/mol. The average molecular weight is 659 g/mol. The molecule has 2 aromatic carbocycles. The van der Waals surface area contributed by atoms with Crippen molar-refractivity contribution >= 4 is 54.2 Å². The number of fused-ring (bicyclic) bond motifs is 1. The van der Waals surface area contributed by atoms with Crippen LogP contribution in [0.4, 0.5) is 13.2 Å². The molecule has 4 rings (SSSR count). The number of likely N-dealkylation sites (tertiary alicyclic amines) is 1. The highest BCUT2D eigenvalue weighted by molar-refractivity contribution is 7.91. The maximum atomic E-state index is 14.2. The summed E-state index contributed by atoms with van der Waals surface area (Å²) in [6, 6.07) is 3.86. The van der Waals surface area contributed by atoms with Crippen molar-refractivity contribution in [3.63, 3.8) is 0 Å². The fourth-order valence-corrected chi connectivity index (χ4v) is 6.84. The summed E-state index contributed by atoms with van der Waals surface area (Å²) in [6.07, 6.45) is -4.94. The molecule has 0 bridgehead atoms. The SMILES string of the molecule is CCS(=O)(=O)c1ccc(Cl)cc1Cn1c(=O)[nH]c2c(Cl)c(CN3CC(NS(=O)(=O)NC)C3)c(C(F)(F)F)cc2c1=O. The Labute approximate surface area is 242 Å². The van der Waals surface area contributed by atoms with E-state index in [2.05, 4.69) is 14.4 Å². The van der Waals surface area contributed by atoms with Crippen molar-refractivity contribution in [3.05, 3.63) is 71.8 Å². The number of hydrogen-bond donors (Lipinski definition) is 3. The fraction of sp³-hybridized carbons (Fsp3) is 0.391. The summed E-state index contributed by atoms with van der Waals surface area (Å²) < 4.78 is 95.9. The fourth-order valence-electron chi connectivity index (χ4n) is 4.52. The van der Waals surface area contributed by atoms with E-state index in [0.717, 1.165) is 0 Å². The molecule has 0 spiro atoms. The maximum absolute atomic E-state index is 14.2. The van der Waals surface area contributed by atoms with Crippen LogP contribution < -0.4 is 20.7 Å². The molecule has 41 heavy (non-hydrogen) atoms. The molecule has 224 valence electrons. The smallest absolute Gasteiger partial charge is 0.305 e. The number of hydrogen-bond acceptors (Lipinski definition) is 7. The average Bonchev–Trinajstić information content (AvgIpc) is 2.86. The molecule has 1 aliphatic rings. The minimum atomic E-state index is -4.94. The predicted octanol–water partition coefficient (Wildman–Crippen LogP) is 2.10. The molecule has 3 N–H and O–H groups in total. The maximum Gasteiger partial charge on any atom is 0.416 e. The Balaban J connectivity index is 1.78. The summed E-state index contributed by atoms with van der Waals surface area (Å²) in [5.74, 6) is -0.281. The highest BCUT2D eigenvalue weighted by atomic mass is 35.5. The number of halogens is 5. The molecule has 0 aliphatic carbocycles. The van der Waals surface area contributed by atoms with Crippen molar-refractivity contribution in [3.8, 4) is 0 Å². The van der Waals surface area contributed by atoms with Gasteiger partial charge in [0.05, 0.1) is 38.7 Å². The van der Waals surface area contributed by atoms with E-state index >= 15 is 0 Å². The molecule has 0 radical (unpaired) electrons. The van der Waals surface area contributed by atoms with Gasteiger partial charge in [-0.05, 0) is 35.4 Å². The van der Waals surface area contributed by atoms with E-state index in [-0.39, 0.29) is 46.4 Å². The second-order valence-electron chi connectivity index (χ2n) is 9.33. The van der Waals surface area contributed by atoms with Crippen LogP contribution in [-0.4, -0.2) is 63.2 Å². The number of nitrogens with zero attached hydrogens (tertiary/aromatic N) is 2. The lowest BCUT2D eigenvalue weighted by Crippen LogP contribution is -2.60. The van der Waals surface area contributed by atoms with Crippen LogP contribution in [0.25, 0.3) is 10.9 Å². The van der Waals surface area contributed by atoms with E-state index in [1.54, 1.807) is 0 Å². The lowest BCUT2D eigenvalue weighted by atomic mass is 10.0. The Morgan fingerprint density at radius 3 is 2.32 bits per heavy atom. The van der Waals surface area contributed by atoms with Gasteiger partial charge in [-0.25, -0.2) is 17.9 Å². The zero-order chi connectivity index (χ0) is 30.5. The molecule has 0 unspecified atom stereocenters. The van der Waals surface area contributed by atoms with Gasteiger partial charge in [0.1, 0.15) is 0 Å². The highest BCUT2D eigenvalue weighted by Gasteiger charge is 2.38. The largest absolute Gasteiger partial charge is 0.416 e. The van der Waals surface area contributed by atoms with Crippen molar-refractivity contribution in [2.24, 2.45) is 0 Å². The summed E-state index contributed by atoms with van der Waals surface area (Å²) in [6.45, 7) is 0.660. The number of H-pyrrole nitrogens is 1. The topological polar surface area (TPSA) is 150 Å². The first-order chi connectivity index (χ1) is 19.0. The molecule has 1 aliphatic heterocycles. The zero-order valence-electron chi connectivity index (χ0n) is 21.5. The molecule has 0 saturated carbocycles.